The molecule has 23 heavy (non-hydrogen) atoms. The molecule has 1 amide bonds. The highest BCUT2D eigenvalue weighted by Crippen LogP contribution is 2.19. The van der Waals surface area contributed by atoms with Crippen LogP contribution in [0.3, 0.4) is 0 Å². The molecule has 6 heteroatoms. The predicted molar refractivity (Wildman–Crippen MR) is 90.1 cm³/mol. The summed E-state index contributed by atoms with van der Waals surface area (Å²) in [5.74, 6) is -1.49. The van der Waals surface area contributed by atoms with E-state index in [-0.39, 0.29) is 5.91 Å². The molecule has 2 atom stereocenters. The van der Waals surface area contributed by atoms with Crippen molar-refractivity contribution in [2.75, 3.05) is 5.32 Å². The molecule has 2 aromatic carbocycles. The highest BCUT2D eigenvalue weighted by molar-refractivity contribution is 9.10. The van der Waals surface area contributed by atoms with E-state index in [1.54, 1.807) is 26.0 Å². The van der Waals surface area contributed by atoms with Gasteiger partial charge in [0.25, 0.3) is 0 Å². The lowest BCUT2D eigenvalue weighted by atomic mass is 10.1. The maximum atomic E-state index is 13.8. The molecule has 0 fully saturated rings. The van der Waals surface area contributed by atoms with E-state index in [9.17, 15) is 13.6 Å². The van der Waals surface area contributed by atoms with Crippen molar-refractivity contribution in [1.29, 1.82) is 0 Å². The fourth-order valence-electron chi connectivity index (χ4n) is 2.18. The fraction of sp³-hybridized carbons (Fsp3) is 0.235. The van der Waals surface area contributed by atoms with Crippen LogP contribution in [0.1, 0.15) is 25.5 Å². The lowest BCUT2D eigenvalue weighted by molar-refractivity contribution is -0.117. The quantitative estimate of drug-likeness (QED) is 0.804. The Morgan fingerprint density at radius 1 is 1.09 bits per heavy atom. The molecule has 2 rings (SSSR count). The van der Waals surface area contributed by atoms with E-state index in [4.69, 9.17) is 0 Å². The van der Waals surface area contributed by atoms with Crippen LogP contribution in [0, 0.1) is 11.6 Å². The van der Waals surface area contributed by atoms with Crippen molar-refractivity contribution >= 4 is 27.5 Å². The molecular formula is C17H17BrF2N2O. The minimum atomic E-state index is -0.634. The number of carbonyl (C=O) groups is 1. The fourth-order valence-corrected chi connectivity index (χ4v) is 2.44. The first-order valence-electron chi connectivity index (χ1n) is 7.14. The highest BCUT2D eigenvalue weighted by Gasteiger charge is 2.18. The Kier molecular flexibility index (Phi) is 5.85. The summed E-state index contributed by atoms with van der Waals surface area (Å²) in [4.78, 5) is 12.2. The number of amides is 1. The number of anilines is 1. The second kappa shape index (κ2) is 7.66. The zero-order valence-electron chi connectivity index (χ0n) is 12.7. The molecule has 0 aromatic heterocycles. The van der Waals surface area contributed by atoms with Crippen molar-refractivity contribution in [3.8, 4) is 0 Å². The smallest absolute Gasteiger partial charge is 0.241 e. The van der Waals surface area contributed by atoms with Gasteiger partial charge in [0.15, 0.2) is 0 Å². The molecule has 0 radical (unpaired) electrons. The van der Waals surface area contributed by atoms with E-state index in [1.807, 2.05) is 12.1 Å². The molecule has 2 aromatic rings. The van der Waals surface area contributed by atoms with Crippen LogP contribution in [-0.2, 0) is 4.79 Å². The van der Waals surface area contributed by atoms with Gasteiger partial charge >= 0.3 is 0 Å². The average Bonchev–Trinajstić information content (AvgIpc) is 2.49. The van der Waals surface area contributed by atoms with Gasteiger partial charge in [0.2, 0.25) is 5.91 Å². The Balaban J connectivity index is 1.98. The van der Waals surface area contributed by atoms with Gasteiger partial charge in [-0.3, -0.25) is 10.1 Å². The molecule has 0 spiro atoms. The second-order valence-corrected chi connectivity index (χ2v) is 6.19. The summed E-state index contributed by atoms with van der Waals surface area (Å²) in [5, 5.41) is 5.78. The van der Waals surface area contributed by atoms with Crippen molar-refractivity contribution in [1.82, 2.24) is 5.32 Å². The molecule has 2 N–H and O–H groups in total. The predicted octanol–water partition coefficient (Wildman–Crippen LogP) is 4.41. The Morgan fingerprint density at radius 3 is 2.35 bits per heavy atom. The zero-order valence-corrected chi connectivity index (χ0v) is 14.3. The molecule has 0 aliphatic carbocycles. The van der Waals surface area contributed by atoms with Crippen molar-refractivity contribution in [2.45, 2.75) is 25.9 Å². The van der Waals surface area contributed by atoms with E-state index in [2.05, 4.69) is 26.6 Å². The number of nitrogens with one attached hydrogen (secondary N) is 2. The van der Waals surface area contributed by atoms with E-state index >= 15 is 0 Å². The maximum absolute atomic E-state index is 13.8. The summed E-state index contributed by atoms with van der Waals surface area (Å²) in [7, 11) is 0. The van der Waals surface area contributed by atoms with Crippen molar-refractivity contribution in [3.05, 3.63) is 64.1 Å². The molecule has 3 nitrogen and oxygen atoms in total. The molecule has 122 valence electrons. The molecule has 0 aliphatic rings. The Hall–Kier alpha value is -1.79. The number of carbonyl (C=O) groups excluding carboxylic acids is 1. The third kappa shape index (κ3) is 4.84. The van der Waals surface area contributed by atoms with Crippen LogP contribution in [0.2, 0.25) is 0 Å². The van der Waals surface area contributed by atoms with Gasteiger partial charge in [0.1, 0.15) is 11.6 Å². The van der Waals surface area contributed by atoms with Crippen molar-refractivity contribution < 1.29 is 13.6 Å². The molecule has 0 bridgehead atoms. The number of halogens is 3. The lowest BCUT2D eigenvalue weighted by Gasteiger charge is -2.20. The van der Waals surface area contributed by atoms with Crippen LogP contribution < -0.4 is 10.6 Å². The Labute approximate surface area is 142 Å². The second-order valence-electron chi connectivity index (χ2n) is 5.27. The molecule has 0 saturated heterocycles. The van der Waals surface area contributed by atoms with E-state index in [1.165, 1.54) is 12.1 Å². The Bertz CT molecular complexity index is 691. The van der Waals surface area contributed by atoms with Gasteiger partial charge in [-0.2, -0.15) is 0 Å². The van der Waals surface area contributed by atoms with Gasteiger partial charge in [0.05, 0.1) is 6.04 Å². The zero-order chi connectivity index (χ0) is 17.0. The van der Waals surface area contributed by atoms with E-state index in [0.29, 0.717) is 11.3 Å². The topological polar surface area (TPSA) is 41.1 Å². The normalized spacial score (nSPS) is 13.4. The van der Waals surface area contributed by atoms with Gasteiger partial charge in [-0.1, -0.05) is 22.0 Å². The highest BCUT2D eigenvalue weighted by atomic mass is 79.9. The van der Waals surface area contributed by atoms with Crippen LogP contribution in [0.4, 0.5) is 14.5 Å². The minimum absolute atomic E-state index is 0.235. The first-order chi connectivity index (χ1) is 10.9. The molecule has 0 unspecified atom stereocenters. The molecule has 0 aliphatic heterocycles. The average molecular weight is 383 g/mol. The summed E-state index contributed by atoms with van der Waals surface area (Å²) in [6.45, 7) is 3.41. The third-order valence-electron chi connectivity index (χ3n) is 3.43. The van der Waals surface area contributed by atoms with Gasteiger partial charge in [-0.25, -0.2) is 8.78 Å². The summed E-state index contributed by atoms with van der Waals surface area (Å²) < 4.78 is 27.6. The lowest BCUT2D eigenvalue weighted by Crippen LogP contribution is -2.39. The molecule has 0 heterocycles. The van der Waals surface area contributed by atoms with Crippen LogP contribution in [0.5, 0.6) is 0 Å². The van der Waals surface area contributed by atoms with E-state index < -0.39 is 23.7 Å². The summed E-state index contributed by atoms with van der Waals surface area (Å²) >= 11 is 3.32. The summed E-state index contributed by atoms with van der Waals surface area (Å²) in [6, 6.07) is 9.63. The van der Waals surface area contributed by atoms with Gasteiger partial charge in [-0.15, -0.1) is 0 Å². The summed E-state index contributed by atoms with van der Waals surface area (Å²) in [5.41, 5.74) is 0.988. The number of rotatable bonds is 5. The number of hydrogen-bond donors (Lipinski definition) is 2. The Morgan fingerprint density at radius 2 is 1.74 bits per heavy atom. The minimum Gasteiger partial charge on any atom is -0.325 e. The SMILES string of the molecule is C[C@H](N[C@@H](C)c1ccc(F)cc1F)C(=O)Nc1ccc(Br)cc1. The standard InChI is InChI=1S/C17H17BrF2N2O/c1-10(15-8-5-13(19)9-16(15)20)21-11(2)17(23)22-14-6-3-12(18)4-7-14/h3-11,21H,1-2H3,(H,22,23)/t10-,11-/m0/s1. The first-order valence-corrected chi connectivity index (χ1v) is 7.93. The number of hydrogen-bond acceptors (Lipinski definition) is 2. The number of benzene rings is 2. The third-order valence-corrected chi connectivity index (χ3v) is 3.96. The molecular weight excluding hydrogens is 366 g/mol. The van der Waals surface area contributed by atoms with E-state index in [0.717, 1.165) is 10.5 Å². The molecule has 0 saturated carbocycles. The van der Waals surface area contributed by atoms with Gasteiger partial charge < -0.3 is 5.32 Å². The van der Waals surface area contributed by atoms with Crippen molar-refractivity contribution in [2.24, 2.45) is 0 Å². The van der Waals surface area contributed by atoms with Crippen LogP contribution in [-0.4, -0.2) is 11.9 Å². The van der Waals surface area contributed by atoms with Crippen LogP contribution in [0.25, 0.3) is 0 Å². The van der Waals surface area contributed by atoms with Crippen LogP contribution in [0.15, 0.2) is 46.9 Å². The monoisotopic (exact) mass is 382 g/mol. The van der Waals surface area contributed by atoms with Gasteiger partial charge in [0, 0.05) is 27.8 Å². The summed E-state index contributed by atoms with van der Waals surface area (Å²) in [6.07, 6.45) is 0. The maximum Gasteiger partial charge on any atom is 0.241 e. The van der Waals surface area contributed by atoms with Crippen LogP contribution >= 0.6 is 15.9 Å². The first kappa shape index (κ1) is 17.6. The van der Waals surface area contributed by atoms with Gasteiger partial charge in [-0.05, 0) is 44.2 Å². The van der Waals surface area contributed by atoms with Crippen molar-refractivity contribution in [3.63, 3.8) is 0 Å². The largest absolute Gasteiger partial charge is 0.325 e.